The van der Waals surface area contributed by atoms with Crippen molar-refractivity contribution in [2.45, 2.75) is 51.4 Å². The molecule has 1 aromatic carbocycles. The summed E-state index contributed by atoms with van der Waals surface area (Å²) in [6.45, 7) is 6.75. The van der Waals surface area contributed by atoms with Gasteiger partial charge in [-0.2, -0.15) is 0 Å². The molecule has 168 valence electrons. The Morgan fingerprint density at radius 3 is 2.59 bits per heavy atom. The van der Waals surface area contributed by atoms with Gasteiger partial charge in [0.2, 0.25) is 5.88 Å². The highest BCUT2D eigenvalue weighted by molar-refractivity contribution is 5.68. The van der Waals surface area contributed by atoms with Crippen molar-refractivity contribution in [1.29, 1.82) is 0 Å². The summed E-state index contributed by atoms with van der Waals surface area (Å²) in [6.07, 6.45) is 3.65. The number of phenols is 1. The number of fused-ring (bicyclic) bond motifs is 3. The van der Waals surface area contributed by atoms with Gasteiger partial charge in [0.25, 0.3) is 0 Å². The summed E-state index contributed by atoms with van der Waals surface area (Å²) in [6, 6.07) is 8.77. The maximum Gasteiger partial charge on any atom is 0.233 e. The Kier molecular flexibility index (Phi) is 4.74. The third kappa shape index (κ3) is 3.24. The van der Waals surface area contributed by atoms with E-state index < -0.39 is 17.8 Å². The zero-order valence-corrected chi connectivity index (χ0v) is 18.8. The summed E-state index contributed by atoms with van der Waals surface area (Å²) in [5.74, 6) is 0.389. The summed E-state index contributed by atoms with van der Waals surface area (Å²) < 4.78 is 23.3. The number of hydrogen-bond donors (Lipinski definition) is 1. The molecule has 3 aromatic rings. The number of nitrogens with zero attached hydrogens (tertiary/aromatic N) is 5. The van der Waals surface area contributed by atoms with Crippen molar-refractivity contribution in [2.75, 3.05) is 13.6 Å². The normalized spacial score (nSPS) is 29.9. The molecule has 3 aliphatic rings. The van der Waals surface area contributed by atoms with Gasteiger partial charge in [0, 0.05) is 35.9 Å². The average Bonchev–Trinajstić information content (AvgIpc) is 3.20. The third-order valence-corrected chi connectivity index (χ3v) is 7.37. The lowest BCUT2D eigenvalue weighted by Gasteiger charge is -2.61. The van der Waals surface area contributed by atoms with E-state index in [1.807, 2.05) is 37.7 Å². The SMILES string of the molecule is Cc1cn(-c2ccc(-c3ccc(O[C@H]4[C@@H](F)[C@]5(C)CC[C@@]4(C)CN5C)nn3)c(O)c2)cn1. The molecule has 2 aliphatic heterocycles. The van der Waals surface area contributed by atoms with Gasteiger partial charge in [-0.15, -0.1) is 10.2 Å². The molecule has 0 spiro atoms. The predicted molar refractivity (Wildman–Crippen MR) is 119 cm³/mol. The van der Waals surface area contributed by atoms with E-state index in [4.69, 9.17) is 4.74 Å². The number of imidazole rings is 1. The highest BCUT2D eigenvalue weighted by Crippen LogP contribution is 2.51. The third-order valence-electron chi connectivity index (χ3n) is 7.37. The van der Waals surface area contributed by atoms with Gasteiger partial charge in [0.15, 0.2) is 6.17 Å². The number of phenolic OH excluding ortho intramolecular Hbond substituents is 1. The minimum atomic E-state index is -1.11. The molecule has 8 heteroatoms. The molecule has 4 heterocycles. The zero-order chi connectivity index (χ0) is 22.7. The largest absolute Gasteiger partial charge is 0.507 e. The molecule has 2 saturated heterocycles. The molecule has 6 rings (SSSR count). The number of aromatic nitrogens is 4. The van der Waals surface area contributed by atoms with Gasteiger partial charge in [0.05, 0.1) is 28.9 Å². The van der Waals surface area contributed by atoms with Gasteiger partial charge in [-0.3, -0.25) is 4.90 Å². The van der Waals surface area contributed by atoms with Crippen LogP contribution >= 0.6 is 0 Å². The van der Waals surface area contributed by atoms with E-state index in [1.165, 1.54) is 0 Å². The Morgan fingerprint density at radius 2 is 1.97 bits per heavy atom. The van der Waals surface area contributed by atoms with Gasteiger partial charge in [-0.1, -0.05) is 6.92 Å². The summed E-state index contributed by atoms with van der Waals surface area (Å²) in [5.41, 5.74) is 1.98. The zero-order valence-electron chi connectivity index (χ0n) is 18.8. The van der Waals surface area contributed by atoms with E-state index >= 15 is 4.39 Å². The number of rotatable bonds is 4. The summed E-state index contributed by atoms with van der Waals surface area (Å²) in [4.78, 5) is 6.33. The van der Waals surface area contributed by atoms with E-state index in [-0.39, 0.29) is 11.2 Å². The molecule has 2 aromatic heterocycles. The van der Waals surface area contributed by atoms with Crippen LogP contribution in [0.1, 0.15) is 32.4 Å². The Morgan fingerprint density at radius 1 is 1.16 bits per heavy atom. The topological polar surface area (TPSA) is 76.3 Å². The van der Waals surface area contributed by atoms with Crippen molar-refractivity contribution >= 4 is 0 Å². The van der Waals surface area contributed by atoms with Crippen LogP contribution in [0, 0.1) is 12.3 Å². The number of hydrogen-bond acceptors (Lipinski definition) is 6. The molecule has 0 amide bonds. The van der Waals surface area contributed by atoms with Gasteiger partial charge in [-0.05, 0) is 51.9 Å². The van der Waals surface area contributed by atoms with E-state index in [1.54, 1.807) is 30.6 Å². The number of alkyl halides is 1. The lowest BCUT2D eigenvalue weighted by Crippen LogP contribution is -2.72. The first-order valence-corrected chi connectivity index (χ1v) is 10.9. The number of ether oxygens (including phenoxy) is 1. The highest BCUT2D eigenvalue weighted by atomic mass is 19.1. The summed E-state index contributed by atoms with van der Waals surface area (Å²) >= 11 is 0. The molecular formula is C24H28FN5O2. The molecule has 1 saturated carbocycles. The number of benzene rings is 1. The van der Waals surface area contributed by atoms with Crippen LogP contribution in [0.5, 0.6) is 11.6 Å². The quantitative estimate of drug-likeness (QED) is 0.667. The Labute approximate surface area is 186 Å². The molecule has 1 aliphatic carbocycles. The monoisotopic (exact) mass is 437 g/mol. The number of aromatic hydroxyl groups is 1. The second-order valence-corrected chi connectivity index (χ2v) is 9.69. The lowest BCUT2D eigenvalue weighted by atomic mass is 9.60. The minimum Gasteiger partial charge on any atom is -0.507 e. The van der Waals surface area contributed by atoms with Gasteiger partial charge in [0.1, 0.15) is 11.9 Å². The molecule has 32 heavy (non-hydrogen) atoms. The standard InChI is InChI=1S/C24H28FN5O2/c1-15-12-30(14-26-15)16-5-6-17(19(31)11-16)18-7-8-20(28-27-18)32-22-21(25)24(3)10-9-23(22,2)13-29(24)4/h5-8,11-12,14,21-22,31H,9-10,13H2,1-4H3/t21-,22+,23+,24+/m1/s1. The molecule has 4 atom stereocenters. The Bertz CT molecular complexity index is 1150. The van der Waals surface area contributed by atoms with E-state index in [9.17, 15) is 5.11 Å². The van der Waals surface area contributed by atoms with Crippen LogP contribution in [0.25, 0.3) is 16.9 Å². The van der Waals surface area contributed by atoms with Gasteiger partial charge in [-0.25, -0.2) is 9.37 Å². The molecule has 0 radical (unpaired) electrons. The van der Waals surface area contributed by atoms with Crippen molar-refractivity contribution in [3.8, 4) is 28.6 Å². The second kappa shape index (κ2) is 7.27. The molecule has 3 fully saturated rings. The first-order valence-electron chi connectivity index (χ1n) is 10.9. The van der Waals surface area contributed by atoms with Crippen LogP contribution in [-0.2, 0) is 0 Å². The van der Waals surface area contributed by atoms with E-state index in [0.717, 1.165) is 30.8 Å². The smallest absolute Gasteiger partial charge is 0.233 e. The van der Waals surface area contributed by atoms with Crippen LogP contribution in [0.3, 0.4) is 0 Å². The molecule has 2 bridgehead atoms. The molecule has 7 nitrogen and oxygen atoms in total. The summed E-state index contributed by atoms with van der Waals surface area (Å²) in [5, 5.41) is 19.0. The van der Waals surface area contributed by atoms with Crippen molar-refractivity contribution in [3.63, 3.8) is 0 Å². The molecule has 1 N–H and O–H groups in total. The number of aryl methyl sites for hydroxylation is 1. The van der Waals surface area contributed by atoms with Crippen LogP contribution in [-0.4, -0.2) is 61.2 Å². The van der Waals surface area contributed by atoms with E-state index in [0.29, 0.717) is 17.1 Å². The van der Waals surface area contributed by atoms with Crippen LogP contribution < -0.4 is 4.74 Å². The Hall–Kier alpha value is -3.00. The highest BCUT2D eigenvalue weighted by Gasteiger charge is 2.61. The van der Waals surface area contributed by atoms with Crippen molar-refractivity contribution < 1.29 is 14.2 Å². The van der Waals surface area contributed by atoms with E-state index in [2.05, 4.69) is 27.0 Å². The van der Waals surface area contributed by atoms with Crippen LogP contribution in [0.2, 0.25) is 0 Å². The average molecular weight is 438 g/mol. The fraction of sp³-hybridized carbons (Fsp3) is 0.458. The minimum absolute atomic E-state index is 0.0914. The maximum absolute atomic E-state index is 15.4. The predicted octanol–water partition coefficient (Wildman–Crippen LogP) is 3.93. The lowest BCUT2D eigenvalue weighted by molar-refractivity contribution is -0.177. The van der Waals surface area contributed by atoms with Gasteiger partial charge < -0.3 is 14.4 Å². The van der Waals surface area contributed by atoms with Crippen LogP contribution in [0.15, 0.2) is 42.9 Å². The van der Waals surface area contributed by atoms with Crippen molar-refractivity contribution in [1.82, 2.24) is 24.6 Å². The van der Waals surface area contributed by atoms with Crippen molar-refractivity contribution in [3.05, 3.63) is 48.5 Å². The number of halogens is 1. The molecular weight excluding hydrogens is 409 g/mol. The number of piperidine rings is 2. The second-order valence-electron chi connectivity index (χ2n) is 9.69. The molecule has 0 unspecified atom stereocenters. The first kappa shape index (κ1) is 20.9. The Balaban J connectivity index is 1.36. The first-order chi connectivity index (χ1) is 15.2. The van der Waals surface area contributed by atoms with Crippen LogP contribution in [0.4, 0.5) is 4.39 Å². The van der Waals surface area contributed by atoms with Gasteiger partial charge >= 0.3 is 0 Å². The fourth-order valence-electron chi connectivity index (χ4n) is 5.11. The van der Waals surface area contributed by atoms with Crippen molar-refractivity contribution in [2.24, 2.45) is 5.41 Å². The summed E-state index contributed by atoms with van der Waals surface area (Å²) in [7, 11) is 1.99. The fourth-order valence-corrected chi connectivity index (χ4v) is 5.11. The maximum atomic E-state index is 15.4.